The third-order valence-corrected chi connectivity index (χ3v) is 5.69. The lowest BCUT2D eigenvalue weighted by molar-refractivity contribution is -0.352. The molecule has 0 spiro atoms. The van der Waals surface area contributed by atoms with Crippen molar-refractivity contribution in [1.29, 1.82) is 0 Å². The third-order valence-electron chi connectivity index (χ3n) is 5.69. The van der Waals surface area contributed by atoms with Gasteiger partial charge >= 0.3 is 12.0 Å². The van der Waals surface area contributed by atoms with Crippen molar-refractivity contribution in [2.24, 2.45) is 5.92 Å². The number of hydrogen-bond acceptors (Lipinski definition) is 5. The molecule has 0 radical (unpaired) electrons. The van der Waals surface area contributed by atoms with Crippen LogP contribution < -0.4 is 9.47 Å². The largest absolute Gasteiger partial charge is 0.494 e. The Morgan fingerprint density at radius 2 is 1.42 bits per heavy atom. The lowest BCUT2D eigenvalue weighted by Crippen LogP contribution is -2.44. The molecule has 6 heteroatoms. The SMILES string of the molecule is CCCCCOc1ccc(-c2ccc(OC(=O)C3COC(F)(CCCCC)OC3)cc2)cc1. The van der Waals surface area contributed by atoms with E-state index in [2.05, 4.69) is 6.92 Å². The predicted molar refractivity (Wildman–Crippen MR) is 126 cm³/mol. The van der Waals surface area contributed by atoms with E-state index >= 15 is 0 Å². The predicted octanol–water partition coefficient (Wildman–Crippen LogP) is 6.69. The van der Waals surface area contributed by atoms with Crippen molar-refractivity contribution in [2.75, 3.05) is 19.8 Å². The van der Waals surface area contributed by atoms with Gasteiger partial charge in [-0.05, 0) is 48.2 Å². The van der Waals surface area contributed by atoms with Gasteiger partial charge in [-0.2, -0.15) is 4.39 Å². The highest BCUT2D eigenvalue weighted by atomic mass is 19.2. The van der Waals surface area contributed by atoms with Crippen LogP contribution in [0.1, 0.15) is 58.8 Å². The van der Waals surface area contributed by atoms with Crippen LogP contribution in [-0.4, -0.2) is 31.8 Å². The first-order valence-electron chi connectivity index (χ1n) is 12.0. The number of ether oxygens (including phenoxy) is 4. The van der Waals surface area contributed by atoms with Crippen molar-refractivity contribution in [3.8, 4) is 22.6 Å². The zero-order valence-electron chi connectivity index (χ0n) is 19.7. The Balaban J connectivity index is 1.47. The number of carbonyl (C=O) groups excluding carboxylic acids is 1. The molecule has 2 aromatic rings. The van der Waals surface area contributed by atoms with Crippen molar-refractivity contribution in [3.05, 3.63) is 48.5 Å². The zero-order valence-corrected chi connectivity index (χ0v) is 19.7. The quantitative estimate of drug-likeness (QED) is 0.201. The molecule has 2 aromatic carbocycles. The number of hydrogen-bond donors (Lipinski definition) is 0. The maximum absolute atomic E-state index is 14.5. The summed E-state index contributed by atoms with van der Waals surface area (Å²) >= 11 is 0. The summed E-state index contributed by atoms with van der Waals surface area (Å²) in [6.45, 7) is 4.85. The highest BCUT2D eigenvalue weighted by Gasteiger charge is 2.40. The van der Waals surface area contributed by atoms with E-state index < -0.39 is 17.9 Å². The Hall–Kier alpha value is -2.44. The summed E-state index contributed by atoms with van der Waals surface area (Å²) in [5.41, 5.74) is 2.05. The van der Waals surface area contributed by atoms with Crippen molar-refractivity contribution in [2.45, 2.75) is 64.8 Å². The second kappa shape index (κ2) is 12.7. The molecule has 0 N–H and O–H groups in total. The second-order valence-electron chi connectivity index (χ2n) is 8.46. The lowest BCUT2D eigenvalue weighted by Gasteiger charge is -2.33. The van der Waals surface area contributed by atoms with Crippen LogP contribution in [0.4, 0.5) is 4.39 Å². The van der Waals surface area contributed by atoms with Crippen molar-refractivity contribution in [3.63, 3.8) is 0 Å². The monoisotopic (exact) mass is 458 g/mol. The van der Waals surface area contributed by atoms with Gasteiger partial charge in [0.2, 0.25) is 0 Å². The number of carbonyl (C=O) groups is 1. The lowest BCUT2D eigenvalue weighted by atomic mass is 10.1. The van der Waals surface area contributed by atoms with Gasteiger partial charge in [0.25, 0.3) is 0 Å². The van der Waals surface area contributed by atoms with Gasteiger partial charge in [-0.15, -0.1) is 0 Å². The first-order valence-corrected chi connectivity index (χ1v) is 12.0. The topological polar surface area (TPSA) is 54.0 Å². The van der Waals surface area contributed by atoms with E-state index in [4.69, 9.17) is 18.9 Å². The van der Waals surface area contributed by atoms with Crippen LogP contribution >= 0.6 is 0 Å². The second-order valence-corrected chi connectivity index (χ2v) is 8.46. The van der Waals surface area contributed by atoms with Gasteiger partial charge in [-0.1, -0.05) is 63.8 Å². The molecule has 0 amide bonds. The molecule has 0 unspecified atom stereocenters. The van der Waals surface area contributed by atoms with E-state index in [9.17, 15) is 9.18 Å². The standard InChI is InChI=1S/C27H35FO5/c1-3-5-7-17-27(28)31-19-23(20-32-27)26(29)33-25-15-11-22(12-16-25)21-9-13-24(14-10-21)30-18-8-6-4-2/h9-16,23H,3-8,17-20H2,1-2H3. The highest BCUT2D eigenvalue weighted by Crippen LogP contribution is 2.30. The van der Waals surface area contributed by atoms with Crippen molar-refractivity contribution >= 4 is 5.97 Å². The summed E-state index contributed by atoms with van der Waals surface area (Å²) in [4.78, 5) is 12.4. The van der Waals surface area contributed by atoms with Crippen LogP contribution in [0.5, 0.6) is 11.5 Å². The molecule has 180 valence electrons. The summed E-state index contributed by atoms with van der Waals surface area (Å²) in [6.07, 6.45) is 6.17. The average Bonchev–Trinajstić information content (AvgIpc) is 2.83. The molecular weight excluding hydrogens is 423 g/mol. The Morgan fingerprint density at radius 1 is 0.879 bits per heavy atom. The molecule has 3 rings (SSSR count). The maximum Gasteiger partial charge on any atom is 0.320 e. The van der Waals surface area contributed by atoms with E-state index in [0.29, 0.717) is 12.2 Å². The van der Waals surface area contributed by atoms with Gasteiger partial charge in [0, 0.05) is 6.42 Å². The van der Waals surface area contributed by atoms with E-state index in [1.54, 1.807) is 12.1 Å². The molecule has 0 aliphatic carbocycles. The van der Waals surface area contributed by atoms with Crippen LogP contribution in [0.2, 0.25) is 0 Å². The van der Waals surface area contributed by atoms with Crippen molar-refractivity contribution in [1.82, 2.24) is 0 Å². The average molecular weight is 459 g/mol. The van der Waals surface area contributed by atoms with Gasteiger partial charge in [-0.3, -0.25) is 4.79 Å². The van der Waals surface area contributed by atoms with E-state index in [1.807, 2.05) is 43.3 Å². The number of alkyl halides is 1. The number of unbranched alkanes of at least 4 members (excludes halogenated alkanes) is 4. The third kappa shape index (κ3) is 7.83. The van der Waals surface area contributed by atoms with Crippen LogP contribution in [-0.2, 0) is 14.3 Å². The van der Waals surface area contributed by atoms with Gasteiger partial charge < -0.3 is 18.9 Å². The van der Waals surface area contributed by atoms with Crippen LogP contribution in [0, 0.1) is 5.92 Å². The van der Waals surface area contributed by atoms with Gasteiger partial charge in [0.1, 0.15) is 17.4 Å². The summed E-state index contributed by atoms with van der Waals surface area (Å²) < 4.78 is 36.1. The summed E-state index contributed by atoms with van der Waals surface area (Å²) in [5.74, 6) is 0.159. The van der Waals surface area contributed by atoms with E-state index in [-0.39, 0.29) is 19.6 Å². The smallest absolute Gasteiger partial charge is 0.320 e. The fraction of sp³-hybridized carbons (Fsp3) is 0.519. The summed E-state index contributed by atoms with van der Waals surface area (Å²) in [6, 6.07) is 13.1. The molecule has 1 heterocycles. The molecular formula is C27H35FO5. The zero-order chi connectivity index (χ0) is 23.5. The van der Waals surface area contributed by atoms with Gasteiger partial charge in [0.05, 0.1) is 19.8 Å². The molecule has 1 aliphatic rings. The molecule has 1 fully saturated rings. The minimum atomic E-state index is -2.09. The molecule has 5 nitrogen and oxygen atoms in total. The highest BCUT2D eigenvalue weighted by molar-refractivity contribution is 5.76. The van der Waals surface area contributed by atoms with Gasteiger partial charge in [-0.25, -0.2) is 0 Å². The van der Waals surface area contributed by atoms with Crippen LogP contribution in [0.25, 0.3) is 11.1 Å². The van der Waals surface area contributed by atoms with E-state index in [1.165, 1.54) is 12.8 Å². The minimum absolute atomic E-state index is 0.0492. The molecule has 33 heavy (non-hydrogen) atoms. The molecule has 0 atom stereocenters. The number of benzene rings is 2. The first-order chi connectivity index (χ1) is 16.0. The number of rotatable bonds is 12. The normalized spacial score (nSPS) is 20.4. The van der Waals surface area contributed by atoms with Crippen LogP contribution in [0.15, 0.2) is 48.5 Å². The van der Waals surface area contributed by atoms with Crippen molar-refractivity contribution < 1.29 is 28.1 Å². The first kappa shape index (κ1) is 25.2. The van der Waals surface area contributed by atoms with E-state index in [0.717, 1.165) is 42.7 Å². The molecule has 1 saturated heterocycles. The summed E-state index contributed by atoms with van der Waals surface area (Å²) in [7, 11) is 0. The minimum Gasteiger partial charge on any atom is -0.494 e. The molecule has 0 aromatic heterocycles. The molecule has 0 bridgehead atoms. The number of esters is 1. The Kier molecular flexibility index (Phi) is 9.70. The van der Waals surface area contributed by atoms with Gasteiger partial charge in [0.15, 0.2) is 0 Å². The molecule has 0 saturated carbocycles. The Bertz CT molecular complexity index is 842. The molecule has 1 aliphatic heterocycles. The van der Waals surface area contributed by atoms with Crippen LogP contribution in [0.3, 0.4) is 0 Å². The fourth-order valence-electron chi connectivity index (χ4n) is 3.61. The fourth-order valence-corrected chi connectivity index (χ4v) is 3.61. The number of halogens is 1. The summed E-state index contributed by atoms with van der Waals surface area (Å²) in [5, 5.41) is 0. The Labute approximate surface area is 196 Å². The Morgan fingerprint density at radius 3 is 2.00 bits per heavy atom. The maximum atomic E-state index is 14.5.